The fourth-order valence-electron chi connectivity index (χ4n) is 3.54. The lowest BCUT2D eigenvalue weighted by Gasteiger charge is -2.37. The Kier molecular flexibility index (Phi) is 6.69. The van der Waals surface area contributed by atoms with E-state index in [1.54, 1.807) is 0 Å². The molecule has 3 atom stereocenters. The molecule has 1 fully saturated rings. The van der Waals surface area contributed by atoms with Gasteiger partial charge < -0.3 is 5.32 Å². The fourth-order valence-corrected chi connectivity index (χ4v) is 3.97. The minimum atomic E-state index is -0.145. The Balaban J connectivity index is 2.09. The lowest BCUT2D eigenvalue weighted by atomic mass is 9.74. The van der Waals surface area contributed by atoms with Crippen molar-refractivity contribution in [3.05, 3.63) is 34.1 Å². The number of hydrogen-bond acceptors (Lipinski definition) is 1. The van der Waals surface area contributed by atoms with Gasteiger partial charge in [0.05, 0.1) is 4.47 Å². The maximum atomic E-state index is 13.7. The van der Waals surface area contributed by atoms with Gasteiger partial charge in [0, 0.05) is 6.04 Å². The van der Waals surface area contributed by atoms with Crippen molar-refractivity contribution in [2.75, 3.05) is 6.54 Å². The van der Waals surface area contributed by atoms with Crippen molar-refractivity contribution in [2.45, 2.75) is 58.4 Å². The van der Waals surface area contributed by atoms with Gasteiger partial charge in [-0.15, -0.1) is 0 Å². The quantitative estimate of drug-likeness (QED) is 0.727. The maximum Gasteiger partial charge on any atom is 0.137 e. The first-order chi connectivity index (χ1) is 10.2. The van der Waals surface area contributed by atoms with Crippen LogP contribution in [0.1, 0.15) is 51.5 Å². The average Bonchev–Trinajstić information content (AvgIpc) is 2.50. The highest BCUT2D eigenvalue weighted by Gasteiger charge is 2.29. The molecule has 1 N–H and O–H groups in total. The van der Waals surface area contributed by atoms with Gasteiger partial charge in [-0.3, -0.25) is 0 Å². The molecule has 1 aromatic rings. The van der Waals surface area contributed by atoms with Crippen LogP contribution in [0.2, 0.25) is 0 Å². The fraction of sp³-hybridized carbons (Fsp3) is 0.667. The lowest BCUT2D eigenvalue weighted by Crippen LogP contribution is -2.42. The van der Waals surface area contributed by atoms with Crippen LogP contribution in [0, 0.1) is 17.7 Å². The Morgan fingerprint density at radius 1 is 1.29 bits per heavy atom. The van der Waals surface area contributed by atoms with E-state index in [4.69, 9.17) is 0 Å². The van der Waals surface area contributed by atoms with E-state index >= 15 is 0 Å². The zero-order chi connectivity index (χ0) is 15.2. The van der Waals surface area contributed by atoms with Crippen molar-refractivity contribution in [1.29, 1.82) is 0 Å². The normalized spacial score (nSPS) is 26.0. The molecule has 1 saturated carbocycles. The van der Waals surface area contributed by atoms with Gasteiger partial charge in [0.25, 0.3) is 0 Å². The summed E-state index contributed by atoms with van der Waals surface area (Å²) in [6.07, 6.45) is 7.26. The van der Waals surface area contributed by atoms with Gasteiger partial charge in [0.15, 0.2) is 0 Å². The minimum absolute atomic E-state index is 0.145. The van der Waals surface area contributed by atoms with Gasteiger partial charge in [-0.05, 0) is 78.0 Å². The van der Waals surface area contributed by atoms with Crippen molar-refractivity contribution in [3.63, 3.8) is 0 Å². The van der Waals surface area contributed by atoms with Crippen LogP contribution in [0.25, 0.3) is 0 Å². The van der Waals surface area contributed by atoms with Gasteiger partial charge in [-0.1, -0.05) is 32.4 Å². The van der Waals surface area contributed by atoms with Crippen molar-refractivity contribution >= 4 is 15.9 Å². The van der Waals surface area contributed by atoms with Gasteiger partial charge in [0.2, 0.25) is 0 Å². The molecule has 0 radical (unpaired) electrons. The monoisotopic (exact) mass is 355 g/mol. The first-order valence-electron chi connectivity index (χ1n) is 8.31. The van der Waals surface area contributed by atoms with Crippen molar-refractivity contribution in [1.82, 2.24) is 5.32 Å². The summed E-state index contributed by atoms with van der Waals surface area (Å²) in [4.78, 5) is 0. The first kappa shape index (κ1) is 17.0. The Morgan fingerprint density at radius 2 is 2.10 bits per heavy atom. The second-order valence-corrected chi connectivity index (χ2v) is 7.12. The molecule has 1 nitrogen and oxygen atoms in total. The zero-order valence-electron chi connectivity index (χ0n) is 13.2. The molecule has 1 aromatic carbocycles. The number of rotatable bonds is 6. The second-order valence-electron chi connectivity index (χ2n) is 6.33. The summed E-state index contributed by atoms with van der Waals surface area (Å²) in [7, 11) is 0. The molecule has 0 aromatic heterocycles. The van der Waals surface area contributed by atoms with E-state index in [1.165, 1.54) is 38.2 Å². The average molecular weight is 356 g/mol. The molecule has 118 valence electrons. The topological polar surface area (TPSA) is 12.0 Å². The molecule has 0 bridgehead atoms. The molecule has 0 aliphatic heterocycles. The molecule has 3 unspecified atom stereocenters. The molecule has 0 saturated heterocycles. The predicted molar refractivity (Wildman–Crippen MR) is 91.0 cm³/mol. The van der Waals surface area contributed by atoms with Gasteiger partial charge >= 0.3 is 0 Å². The van der Waals surface area contributed by atoms with Crippen LogP contribution in [-0.2, 0) is 6.42 Å². The van der Waals surface area contributed by atoms with Gasteiger partial charge in [-0.25, -0.2) is 4.39 Å². The largest absolute Gasteiger partial charge is 0.314 e. The molecule has 0 amide bonds. The smallest absolute Gasteiger partial charge is 0.137 e. The third-order valence-electron chi connectivity index (χ3n) is 4.84. The highest BCUT2D eigenvalue weighted by atomic mass is 79.9. The van der Waals surface area contributed by atoms with E-state index in [2.05, 4.69) is 41.2 Å². The minimum Gasteiger partial charge on any atom is -0.314 e. The summed E-state index contributed by atoms with van der Waals surface area (Å²) in [5.41, 5.74) is 1.11. The molecule has 1 aliphatic carbocycles. The van der Waals surface area contributed by atoms with E-state index in [0.717, 1.165) is 24.4 Å². The number of nitrogens with one attached hydrogen (secondary N) is 1. The van der Waals surface area contributed by atoms with Crippen LogP contribution in [0.5, 0.6) is 0 Å². The van der Waals surface area contributed by atoms with E-state index in [1.807, 2.05) is 6.07 Å². The highest BCUT2D eigenvalue weighted by Crippen LogP contribution is 2.35. The number of halogens is 2. The summed E-state index contributed by atoms with van der Waals surface area (Å²) in [6, 6.07) is 5.99. The summed E-state index contributed by atoms with van der Waals surface area (Å²) in [5, 5.41) is 3.71. The summed E-state index contributed by atoms with van der Waals surface area (Å²) >= 11 is 3.42. The molecule has 3 heteroatoms. The Morgan fingerprint density at radius 3 is 2.81 bits per heavy atom. The lowest BCUT2D eigenvalue weighted by molar-refractivity contribution is 0.198. The third-order valence-corrected chi connectivity index (χ3v) is 5.73. The predicted octanol–water partition coefficient (Wildman–Crippen LogP) is 5.33. The van der Waals surface area contributed by atoms with Crippen molar-refractivity contribution in [2.24, 2.45) is 11.8 Å². The first-order valence-corrected chi connectivity index (χ1v) is 9.11. The SMILES string of the molecule is CCCNC1CCC(CC)CC1Cc1cccc(F)c1Br. The van der Waals surface area contributed by atoms with E-state index in [-0.39, 0.29) is 5.82 Å². The Labute approximate surface area is 136 Å². The standard InChI is InChI=1S/C18H27BrFN/c1-3-10-21-17-9-8-13(4-2)11-15(17)12-14-6-5-7-16(20)18(14)19/h5-7,13,15,17,21H,3-4,8-12H2,1-2H3. The van der Waals surface area contributed by atoms with Crippen LogP contribution in [-0.4, -0.2) is 12.6 Å². The molecule has 21 heavy (non-hydrogen) atoms. The van der Waals surface area contributed by atoms with Crippen molar-refractivity contribution in [3.8, 4) is 0 Å². The molecule has 0 heterocycles. The van der Waals surface area contributed by atoms with Crippen LogP contribution in [0.3, 0.4) is 0 Å². The van der Waals surface area contributed by atoms with Crippen LogP contribution >= 0.6 is 15.9 Å². The maximum absolute atomic E-state index is 13.7. The van der Waals surface area contributed by atoms with Gasteiger partial charge in [0.1, 0.15) is 5.82 Å². The summed E-state index contributed by atoms with van der Waals surface area (Å²) < 4.78 is 14.4. The second kappa shape index (κ2) is 8.28. The summed E-state index contributed by atoms with van der Waals surface area (Å²) in [5.74, 6) is 1.31. The Bertz CT molecular complexity index is 449. The third kappa shape index (κ3) is 4.53. The number of hydrogen-bond donors (Lipinski definition) is 1. The van der Waals surface area contributed by atoms with E-state index in [0.29, 0.717) is 16.4 Å². The zero-order valence-corrected chi connectivity index (χ0v) is 14.8. The van der Waals surface area contributed by atoms with Gasteiger partial charge in [-0.2, -0.15) is 0 Å². The molecular formula is C18H27BrFN. The molecule has 0 spiro atoms. The van der Waals surface area contributed by atoms with Crippen LogP contribution < -0.4 is 5.32 Å². The van der Waals surface area contributed by atoms with E-state index in [9.17, 15) is 4.39 Å². The summed E-state index contributed by atoms with van der Waals surface area (Å²) in [6.45, 7) is 5.59. The number of benzene rings is 1. The van der Waals surface area contributed by atoms with Crippen LogP contribution in [0.15, 0.2) is 22.7 Å². The van der Waals surface area contributed by atoms with E-state index < -0.39 is 0 Å². The van der Waals surface area contributed by atoms with Crippen LogP contribution in [0.4, 0.5) is 4.39 Å². The Hall–Kier alpha value is -0.410. The molecule has 2 rings (SSSR count). The highest BCUT2D eigenvalue weighted by molar-refractivity contribution is 9.10. The van der Waals surface area contributed by atoms with Crippen molar-refractivity contribution < 1.29 is 4.39 Å². The molecular weight excluding hydrogens is 329 g/mol. The molecule has 1 aliphatic rings.